The Balaban J connectivity index is 2.17. The first kappa shape index (κ1) is 12.2. The van der Waals surface area contributed by atoms with Gasteiger partial charge in [0.1, 0.15) is 11.5 Å². The van der Waals surface area contributed by atoms with E-state index in [4.69, 9.17) is 0 Å². The van der Waals surface area contributed by atoms with Gasteiger partial charge in [0.2, 0.25) is 0 Å². The summed E-state index contributed by atoms with van der Waals surface area (Å²) in [4.78, 5) is 11.3. The molecule has 1 N–H and O–H groups in total. The number of rotatable bonds is 2. The number of aromatic hydroxyl groups is 1. The lowest BCUT2D eigenvalue weighted by Gasteiger charge is -2.37. The van der Waals surface area contributed by atoms with Crippen molar-refractivity contribution in [2.24, 2.45) is 5.92 Å². The van der Waals surface area contributed by atoms with Crippen molar-refractivity contribution >= 4 is 5.78 Å². The second-order valence-electron chi connectivity index (χ2n) is 5.58. The lowest BCUT2D eigenvalue weighted by molar-refractivity contribution is -0.121. The number of carbonyl (C=O) groups excluding carboxylic acids is 1. The van der Waals surface area contributed by atoms with Crippen molar-refractivity contribution in [3.05, 3.63) is 29.8 Å². The predicted molar refractivity (Wildman–Crippen MR) is 68.1 cm³/mol. The molecule has 1 fully saturated rings. The zero-order chi connectivity index (χ0) is 12.5. The van der Waals surface area contributed by atoms with Crippen LogP contribution in [-0.2, 0) is 10.2 Å². The fourth-order valence-corrected chi connectivity index (χ4v) is 2.79. The summed E-state index contributed by atoms with van der Waals surface area (Å²) in [5.74, 6) is 1.27. The highest BCUT2D eigenvalue weighted by molar-refractivity contribution is 5.79. The van der Waals surface area contributed by atoms with Crippen LogP contribution in [0.25, 0.3) is 0 Å². The number of phenols is 1. The minimum atomic E-state index is 0.0778. The van der Waals surface area contributed by atoms with Gasteiger partial charge < -0.3 is 5.11 Å². The Morgan fingerprint density at radius 1 is 1.12 bits per heavy atom. The van der Waals surface area contributed by atoms with Crippen LogP contribution in [0.1, 0.15) is 45.1 Å². The van der Waals surface area contributed by atoms with Gasteiger partial charge in [-0.2, -0.15) is 0 Å². The van der Waals surface area contributed by atoms with Crippen molar-refractivity contribution in [1.29, 1.82) is 0 Å². The van der Waals surface area contributed by atoms with E-state index in [0.29, 0.717) is 17.5 Å². The lowest BCUT2D eigenvalue weighted by atomic mass is 9.67. The first-order valence-electron chi connectivity index (χ1n) is 6.31. The summed E-state index contributed by atoms with van der Waals surface area (Å²) in [6.45, 7) is 4.47. The molecule has 0 saturated heterocycles. The Kier molecular flexibility index (Phi) is 3.23. The average molecular weight is 232 g/mol. The van der Waals surface area contributed by atoms with Crippen LogP contribution in [0.4, 0.5) is 0 Å². The Labute approximate surface area is 103 Å². The Hall–Kier alpha value is -1.31. The number of phenolic OH excluding ortho intramolecular Hbond substituents is 1. The molecule has 0 spiro atoms. The molecule has 2 nitrogen and oxygen atoms in total. The maximum Gasteiger partial charge on any atom is 0.132 e. The summed E-state index contributed by atoms with van der Waals surface area (Å²) in [6.07, 6.45) is 3.44. The third-order valence-electron chi connectivity index (χ3n) is 4.18. The zero-order valence-electron chi connectivity index (χ0n) is 10.6. The highest BCUT2D eigenvalue weighted by Gasteiger charge is 2.33. The SMILES string of the molecule is CC(C)(c1ccc(O)cc1)C1CCC(=O)CC1. The number of Topliss-reactive ketones (excluding diaryl/α,β-unsaturated/α-hetero) is 1. The molecule has 1 aromatic carbocycles. The zero-order valence-corrected chi connectivity index (χ0v) is 10.6. The molecule has 2 rings (SSSR count). The topological polar surface area (TPSA) is 37.3 Å². The largest absolute Gasteiger partial charge is 0.508 e. The van der Waals surface area contributed by atoms with E-state index in [1.165, 1.54) is 5.56 Å². The van der Waals surface area contributed by atoms with E-state index >= 15 is 0 Å². The van der Waals surface area contributed by atoms with Crippen molar-refractivity contribution in [3.8, 4) is 5.75 Å². The first-order valence-corrected chi connectivity index (χ1v) is 6.31. The summed E-state index contributed by atoms with van der Waals surface area (Å²) < 4.78 is 0. The van der Waals surface area contributed by atoms with E-state index in [9.17, 15) is 9.90 Å². The molecule has 1 aromatic rings. The van der Waals surface area contributed by atoms with Gasteiger partial charge >= 0.3 is 0 Å². The summed E-state index contributed by atoms with van der Waals surface area (Å²) in [6, 6.07) is 7.47. The second kappa shape index (κ2) is 4.52. The molecule has 0 aliphatic heterocycles. The monoisotopic (exact) mass is 232 g/mol. The van der Waals surface area contributed by atoms with Gasteiger partial charge in [0.05, 0.1) is 0 Å². The molecule has 0 atom stereocenters. The van der Waals surface area contributed by atoms with Crippen LogP contribution in [0.5, 0.6) is 5.75 Å². The minimum Gasteiger partial charge on any atom is -0.508 e. The maximum atomic E-state index is 11.3. The molecular weight excluding hydrogens is 212 g/mol. The fraction of sp³-hybridized carbons (Fsp3) is 0.533. The van der Waals surface area contributed by atoms with Crippen molar-refractivity contribution in [3.63, 3.8) is 0 Å². The van der Waals surface area contributed by atoms with Gasteiger partial charge in [-0.15, -0.1) is 0 Å². The van der Waals surface area contributed by atoms with E-state index < -0.39 is 0 Å². The van der Waals surface area contributed by atoms with Gasteiger partial charge in [-0.1, -0.05) is 26.0 Å². The highest BCUT2D eigenvalue weighted by Crippen LogP contribution is 2.40. The van der Waals surface area contributed by atoms with E-state index in [-0.39, 0.29) is 5.41 Å². The van der Waals surface area contributed by atoms with Crippen LogP contribution in [-0.4, -0.2) is 10.9 Å². The molecule has 1 saturated carbocycles. The first-order chi connectivity index (χ1) is 8.00. The van der Waals surface area contributed by atoms with Crippen LogP contribution in [0.2, 0.25) is 0 Å². The molecule has 0 amide bonds. The Bertz CT molecular complexity index is 393. The highest BCUT2D eigenvalue weighted by atomic mass is 16.3. The quantitative estimate of drug-likeness (QED) is 0.848. The third-order valence-corrected chi connectivity index (χ3v) is 4.18. The molecule has 0 aromatic heterocycles. The smallest absolute Gasteiger partial charge is 0.132 e. The van der Waals surface area contributed by atoms with Crippen molar-refractivity contribution in [2.75, 3.05) is 0 Å². The molecular formula is C15H20O2. The van der Waals surface area contributed by atoms with E-state index in [0.717, 1.165) is 25.7 Å². The number of ketones is 1. The number of benzene rings is 1. The standard InChI is InChI=1S/C15H20O2/c1-15(2,11-3-7-13(16)8-4-11)12-5-9-14(17)10-6-12/h3-4,7-8,12,16H,5-6,9-10H2,1-2H3. The molecule has 0 heterocycles. The van der Waals surface area contributed by atoms with E-state index in [1.54, 1.807) is 12.1 Å². The van der Waals surface area contributed by atoms with Gasteiger partial charge in [-0.05, 0) is 41.9 Å². The molecule has 0 radical (unpaired) electrons. The molecule has 17 heavy (non-hydrogen) atoms. The van der Waals surface area contributed by atoms with Gasteiger partial charge in [0.15, 0.2) is 0 Å². The van der Waals surface area contributed by atoms with Gasteiger partial charge in [-0.25, -0.2) is 0 Å². The molecule has 0 unspecified atom stereocenters. The predicted octanol–water partition coefficient (Wildman–Crippen LogP) is 3.43. The maximum absolute atomic E-state index is 11.3. The van der Waals surface area contributed by atoms with E-state index in [1.807, 2.05) is 12.1 Å². The second-order valence-corrected chi connectivity index (χ2v) is 5.58. The Morgan fingerprint density at radius 3 is 2.18 bits per heavy atom. The minimum absolute atomic E-state index is 0.0778. The molecule has 92 valence electrons. The van der Waals surface area contributed by atoms with Gasteiger partial charge in [-0.3, -0.25) is 4.79 Å². The molecule has 0 bridgehead atoms. The van der Waals surface area contributed by atoms with Gasteiger partial charge in [0.25, 0.3) is 0 Å². The van der Waals surface area contributed by atoms with Crippen LogP contribution >= 0.6 is 0 Å². The van der Waals surface area contributed by atoms with Crippen molar-refractivity contribution in [2.45, 2.75) is 44.9 Å². The summed E-state index contributed by atoms with van der Waals surface area (Å²) in [7, 11) is 0. The molecule has 2 heteroatoms. The van der Waals surface area contributed by atoms with Crippen molar-refractivity contribution in [1.82, 2.24) is 0 Å². The number of carbonyl (C=O) groups is 1. The van der Waals surface area contributed by atoms with Crippen LogP contribution < -0.4 is 0 Å². The van der Waals surface area contributed by atoms with Gasteiger partial charge in [0, 0.05) is 12.8 Å². The summed E-state index contributed by atoms with van der Waals surface area (Å²) in [5, 5.41) is 9.32. The summed E-state index contributed by atoms with van der Waals surface area (Å²) in [5.41, 5.74) is 1.32. The van der Waals surface area contributed by atoms with Crippen LogP contribution in [0.15, 0.2) is 24.3 Å². The molecule has 1 aliphatic rings. The number of hydrogen-bond acceptors (Lipinski definition) is 2. The number of hydrogen-bond donors (Lipinski definition) is 1. The molecule has 1 aliphatic carbocycles. The summed E-state index contributed by atoms with van der Waals surface area (Å²) >= 11 is 0. The normalized spacial score (nSPS) is 18.4. The third kappa shape index (κ3) is 2.51. The average Bonchev–Trinajstić information content (AvgIpc) is 2.30. The van der Waals surface area contributed by atoms with E-state index in [2.05, 4.69) is 13.8 Å². The Morgan fingerprint density at radius 2 is 1.65 bits per heavy atom. The fourth-order valence-electron chi connectivity index (χ4n) is 2.79. The van der Waals surface area contributed by atoms with Crippen molar-refractivity contribution < 1.29 is 9.90 Å². The van der Waals surface area contributed by atoms with Crippen LogP contribution in [0, 0.1) is 5.92 Å². The lowest BCUT2D eigenvalue weighted by Crippen LogP contribution is -2.32. The van der Waals surface area contributed by atoms with Crippen LogP contribution in [0.3, 0.4) is 0 Å².